The lowest BCUT2D eigenvalue weighted by atomic mass is 9.75. The minimum absolute atomic E-state index is 0.0554. The number of anilines is 1. The molecular formula is C19H29N3O4S. The zero-order chi connectivity index (χ0) is 19.6. The molecule has 2 heterocycles. The summed E-state index contributed by atoms with van der Waals surface area (Å²) in [5, 5.41) is 0. The number of nitrogens with zero attached hydrogens (tertiary/aromatic N) is 2. The molecule has 1 aliphatic carbocycles. The van der Waals surface area contributed by atoms with Crippen molar-refractivity contribution < 1.29 is 14.3 Å². The average Bonchev–Trinajstić information content (AvgIpc) is 3.09. The molecule has 1 saturated carbocycles. The van der Waals surface area contributed by atoms with Gasteiger partial charge in [-0.15, -0.1) is 11.8 Å². The number of ether oxygens (including phenoxy) is 2. The third-order valence-corrected chi connectivity index (χ3v) is 6.65. The number of rotatable bonds is 6. The number of thioether (sulfide) groups is 1. The van der Waals surface area contributed by atoms with E-state index in [1.165, 1.54) is 22.7 Å². The number of nitrogens with two attached hydrogens (primary N) is 1. The molecule has 0 bridgehead atoms. The number of aromatic nitrogens is 2. The molecule has 1 aromatic heterocycles. The van der Waals surface area contributed by atoms with Crippen LogP contribution in [0.4, 0.5) is 5.82 Å². The average molecular weight is 396 g/mol. The van der Waals surface area contributed by atoms with E-state index in [1.807, 2.05) is 0 Å². The second-order valence-electron chi connectivity index (χ2n) is 7.94. The molecule has 2 fully saturated rings. The number of hydrogen-bond acceptors (Lipinski definition) is 7. The van der Waals surface area contributed by atoms with Crippen LogP contribution in [0.1, 0.15) is 46.3 Å². The Morgan fingerprint density at radius 2 is 2.26 bits per heavy atom. The van der Waals surface area contributed by atoms with Gasteiger partial charge in [0, 0.05) is 11.9 Å². The molecule has 1 aromatic rings. The maximum atomic E-state index is 12.6. The predicted molar refractivity (Wildman–Crippen MR) is 105 cm³/mol. The standard InChI is InChI=1S/C19H29N3O4S/c1-11(2)13-5-4-12(3)8-15(13)25-9-14(23)18-26-17(10-27-18)22-7-6-16(20)21-19(22)24/h6-7,11-13,15,17-18H,4-5,8-10H2,1-3H3,(H2,20,21,24)/t12-,13+,15-,17-,18+/m0/s1. The lowest BCUT2D eigenvalue weighted by molar-refractivity contribution is -0.138. The Bertz CT molecular complexity index is 723. The van der Waals surface area contributed by atoms with E-state index in [-0.39, 0.29) is 24.3 Å². The lowest BCUT2D eigenvalue weighted by Crippen LogP contribution is -2.36. The zero-order valence-corrected chi connectivity index (χ0v) is 17.0. The third kappa shape index (κ3) is 4.92. The molecule has 5 atom stereocenters. The summed E-state index contributed by atoms with van der Waals surface area (Å²) in [6.07, 6.45) is 4.55. The van der Waals surface area contributed by atoms with Crippen LogP contribution in [0.2, 0.25) is 0 Å². The van der Waals surface area contributed by atoms with Gasteiger partial charge in [0.2, 0.25) is 0 Å². The van der Waals surface area contributed by atoms with Crippen LogP contribution >= 0.6 is 11.8 Å². The van der Waals surface area contributed by atoms with Gasteiger partial charge in [-0.05, 0) is 36.7 Å². The Kier molecular flexibility index (Phi) is 6.60. The summed E-state index contributed by atoms with van der Waals surface area (Å²) in [7, 11) is 0. The monoisotopic (exact) mass is 395 g/mol. The Labute approximate surface area is 164 Å². The van der Waals surface area contributed by atoms with Gasteiger partial charge in [-0.3, -0.25) is 9.36 Å². The molecule has 27 heavy (non-hydrogen) atoms. The van der Waals surface area contributed by atoms with Crippen molar-refractivity contribution in [3.8, 4) is 0 Å². The quantitative estimate of drug-likeness (QED) is 0.790. The molecule has 0 aromatic carbocycles. The SMILES string of the molecule is CC(C)[C@H]1CC[C@H](C)C[C@@H]1OCC(=O)[C@@H]1O[C@H](n2ccc(N)nc2=O)CS1. The molecule has 1 saturated heterocycles. The van der Waals surface area contributed by atoms with Crippen molar-refractivity contribution in [2.75, 3.05) is 18.1 Å². The van der Waals surface area contributed by atoms with E-state index in [1.54, 1.807) is 12.3 Å². The van der Waals surface area contributed by atoms with Gasteiger partial charge in [0.25, 0.3) is 0 Å². The highest BCUT2D eigenvalue weighted by Gasteiger charge is 2.35. The van der Waals surface area contributed by atoms with Crippen molar-refractivity contribution in [1.82, 2.24) is 9.55 Å². The number of carbonyl (C=O) groups is 1. The van der Waals surface area contributed by atoms with Gasteiger partial charge in [-0.25, -0.2) is 4.79 Å². The van der Waals surface area contributed by atoms with E-state index >= 15 is 0 Å². The van der Waals surface area contributed by atoms with Crippen molar-refractivity contribution in [2.24, 2.45) is 17.8 Å². The summed E-state index contributed by atoms with van der Waals surface area (Å²) in [4.78, 5) is 28.2. The number of nitrogen functional groups attached to an aromatic ring is 1. The first kappa shape index (κ1) is 20.4. The van der Waals surface area contributed by atoms with E-state index in [0.29, 0.717) is 23.5 Å². The Morgan fingerprint density at radius 1 is 1.48 bits per heavy atom. The Hall–Kier alpha value is -1.38. The fourth-order valence-electron chi connectivity index (χ4n) is 3.91. The molecular weight excluding hydrogens is 366 g/mol. The van der Waals surface area contributed by atoms with Crippen molar-refractivity contribution in [3.63, 3.8) is 0 Å². The number of hydrogen-bond donors (Lipinski definition) is 1. The van der Waals surface area contributed by atoms with Crippen LogP contribution < -0.4 is 11.4 Å². The fourth-order valence-corrected chi connectivity index (χ4v) is 4.95. The zero-order valence-electron chi connectivity index (χ0n) is 16.2. The lowest BCUT2D eigenvalue weighted by Gasteiger charge is -2.37. The fraction of sp³-hybridized carbons (Fsp3) is 0.737. The first-order chi connectivity index (χ1) is 12.8. The van der Waals surface area contributed by atoms with Gasteiger partial charge < -0.3 is 15.2 Å². The minimum atomic E-state index is -0.613. The van der Waals surface area contributed by atoms with Gasteiger partial charge in [0.1, 0.15) is 18.7 Å². The largest absolute Gasteiger partial charge is 0.383 e. The van der Waals surface area contributed by atoms with E-state index in [9.17, 15) is 9.59 Å². The normalized spacial score (nSPS) is 31.3. The molecule has 0 radical (unpaired) electrons. The molecule has 0 spiro atoms. The van der Waals surface area contributed by atoms with Gasteiger partial charge in [0.05, 0.1) is 6.10 Å². The summed E-state index contributed by atoms with van der Waals surface area (Å²) in [5.41, 5.74) is 4.43. The molecule has 2 aliphatic rings. The van der Waals surface area contributed by atoms with Crippen molar-refractivity contribution in [2.45, 2.75) is 57.8 Å². The summed E-state index contributed by atoms with van der Waals surface area (Å²) >= 11 is 1.39. The van der Waals surface area contributed by atoms with E-state index < -0.39 is 17.4 Å². The predicted octanol–water partition coefficient (Wildman–Crippen LogP) is 2.46. The summed E-state index contributed by atoms with van der Waals surface area (Å²) in [6.45, 7) is 6.74. The molecule has 8 heteroatoms. The number of carbonyl (C=O) groups excluding carboxylic acids is 1. The molecule has 1 aliphatic heterocycles. The summed E-state index contributed by atoms with van der Waals surface area (Å²) in [5.74, 6) is 2.27. The maximum absolute atomic E-state index is 12.6. The van der Waals surface area contributed by atoms with Crippen LogP contribution in [0.15, 0.2) is 17.1 Å². The van der Waals surface area contributed by atoms with Crippen LogP contribution in [0, 0.1) is 17.8 Å². The van der Waals surface area contributed by atoms with Gasteiger partial charge in [-0.1, -0.05) is 27.2 Å². The van der Waals surface area contributed by atoms with Crippen LogP contribution in [0.25, 0.3) is 0 Å². The maximum Gasteiger partial charge on any atom is 0.351 e. The van der Waals surface area contributed by atoms with Gasteiger partial charge in [0.15, 0.2) is 11.2 Å². The van der Waals surface area contributed by atoms with Crippen molar-refractivity contribution in [1.29, 1.82) is 0 Å². The van der Waals surface area contributed by atoms with E-state index in [2.05, 4.69) is 25.8 Å². The van der Waals surface area contributed by atoms with Crippen molar-refractivity contribution >= 4 is 23.4 Å². The number of Topliss-reactive ketones (excluding diaryl/α,β-unsaturated/α-hetero) is 1. The van der Waals surface area contributed by atoms with Crippen LogP contribution in [-0.2, 0) is 14.3 Å². The molecule has 0 amide bonds. The summed E-state index contributed by atoms with van der Waals surface area (Å²) < 4.78 is 13.2. The van der Waals surface area contributed by atoms with Crippen LogP contribution in [-0.4, -0.2) is 39.2 Å². The molecule has 3 rings (SSSR count). The second kappa shape index (κ2) is 8.75. The molecule has 150 valence electrons. The van der Waals surface area contributed by atoms with Gasteiger partial charge in [-0.2, -0.15) is 4.98 Å². The number of ketones is 1. The van der Waals surface area contributed by atoms with Crippen molar-refractivity contribution in [3.05, 3.63) is 22.7 Å². The van der Waals surface area contributed by atoms with Crippen LogP contribution in [0.3, 0.4) is 0 Å². The minimum Gasteiger partial charge on any atom is -0.383 e. The van der Waals surface area contributed by atoms with E-state index in [0.717, 1.165) is 12.8 Å². The highest BCUT2D eigenvalue weighted by atomic mass is 32.2. The first-order valence-corrected chi connectivity index (χ1v) is 10.7. The molecule has 0 unspecified atom stereocenters. The smallest absolute Gasteiger partial charge is 0.351 e. The molecule has 7 nitrogen and oxygen atoms in total. The van der Waals surface area contributed by atoms with Crippen LogP contribution in [0.5, 0.6) is 0 Å². The van der Waals surface area contributed by atoms with E-state index in [4.69, 9.17) is 15.2 Å². The van der Waals surface area contributed by atoms with Gasteiger partial charge >= 0.3 is 5.69 Å². The highest BCUT2D eigenvalue weighted by Crippen LogP contribution is 2.36. The topological polar surface area (TPSA) is 96.4 Å². The summed E-state index contributed by atoms with van der Waals surface area (Å²) in [6, 6.07) is 1.55. The Morgan fingerprint density at radius 3 is 2.96 bits per heavy atom. The third-order valence-electron chi connectivity index (χ3n) is 5.50. The Balaban J connectivity index is 1.55. The molecule has 2 N–H and O–H groups in total. The highest BCUT2D eigenvalue weighted by molar-refractivity contribution is 8.00. The first-order valence-electron chi connectivity index (χ1n) is 9.61. The second-order valence-corrected chi connectivity index (χ2v) is 9.03.